The van der Waals surface area contributed by atoms with Crippen LogP contribution in [-0.4, -0.2) is 35.4 Å². The van der Waals surface area contributed by atoms with E-state index in [-0.39, 0.29) is 11.9 Å². The maximum absolute atomic E-state index is 12.6. The van der Waals surface area contributed by atoms with Gasteiger partial charge in [0.15, 0.2) is 0 Å². The summed E-state index contributed by atoms with van der Waals surface area (Å²) in [5.41, 5.74) is 8.63. The van der Waals surface area contributed by atoms with Crippen molar-refractivity contribution in [1.29, 1.82) is 0 Å². The summed E-state index contributed by atoms with van der Waals surface area (Å²) in [6.07, 6.45) is 2.50. The third kappa shape index (κ3) is 5.85. The van der Waals surface area contributed by atoms with Crippen LogP contribution in [0.25, 0.3) is 0 Å². The van der Waals surface area contributed by atoms with Gasteiger partial charge in [-0.3, -0.25) is 9.78 Å². The van der Waals surface area contributed by atoms with Gasteiger partial charge < -0.3 is 15.4 Å². The number of pyridine rings is 1. The molecule has 1 aromatic carbocycles. The summed E-state index contributed by atoms with van der Waals surface area (Å²) in [5, 5.41) is 0. The lowest BCUT2D eigenvalue weighted by atomic mass is 10.0. The first-order valence-corrected chi connectivity index (χ1v) is 9.02. The van der Waals surface area contributed by atoms with E-state index in [2.05, 4.69) is 18.8 Å². The Labute approximate surface area is 156 Å². The number of aromatic nitrogens is 1. The summed E-state index contributed by atoms with van der Waals surface area (Å²) in [6.45, 7) is 7.17. The van der Waals surface area contributed by atoms with Crippen molar-refractivity contribution in [1.82, 2.24) is 9.88 Å². The summed E-state index contributed by atoms with van der Waals surface area (Å²) in [4.78, 5) is 18.6. The summed E-state index contributed by atoms with van der Waals surface area (Å²) in [6, 6.07) is 11.4. The quantitative estimate of drug-likeness (QED) is 0.788. The SMILES string of the molecule is Cc1ccc(OCc2cccc(C(=O)N(C)CCC(N)C(C)C)c2)cn1. The number of ether oxygens (including phenoxy) is 1. The molecule has 0 spiro atoms. The van der Waals surface area contributed by atoms with E-state index >= 15 is 0 Å². The molecule has 0 fully saturated rings. The molecule has 5 nitrogen and oxygen atoms in total. The fourth-order valence-electron chi connectivity index (χ4n) is 2.50. The Kier molecular flexibility index (Phi) is 7.16. The second-order valence-corrected chi connectivity index (χ2v) is 7.05. The summed E-state index contributed by atoms with van der Waals surface area (Å²) >= 11 is 0. The van der Waals surface area contributed by atoms with Crippen LogP contribution in [0.2, 0.25) is 0 Å². The molecular weight excluding hydrogens is 326 g/mol. The van der Waals surface area contributed by atoms with E-state index in [9.17, 15) is 4.79 Å². The molecule has 26 heavy (non-hydrogen) atoms. The van der Waals surface area contributed by atoms with Crippen molar-refractivity contribution in [3.05, 3.63) is 59.4 Å². The van der Waals surface area contributed by atoms with Crippen molar-refractivity contribution < 1.29 is 9.53 Å². The van der Waals surface area contributed by atoms with Gasteiger partial charge in [0, 0.05) is 30.9 Å². The molecule has 2 N–H and O–H groups in total. The Balaban J connectivity index is 1.94. The van der Waals surface area contributed by atoms with Gasteiger partial charge in [0.2, 0.25) is 0 Å². The number of carbonyl (C=O) groups excluding carboxylic acids is 1. The fraction of sp³-hybridized carbons (Fsp3) is 0.429. The summed E-state index contributed by atoms with van der Waals surface area (Å²) < 4.78 is 5.74. The van der Waals surface area contributed by atoms with Crippen molar-refractivity contribution in [2.45, 2.75) is 39.8 Å². The number of hydrogen-bond acceptors (Lipinski definition) is 4. The van der Waals surface area contributed by atoms with E-state index in [1.165, 1.54) is 0 Å². The average molecular weight is 355 g/mol. The minimum absolute atomic E-state index is 0.000177. The number of benzene rings is 1. The highest BCUT2D eigenvalue weighted by Gasteiger charge is 2.15. The number of amides is 1. The lowest BCUT2D eigenvalue weighted by Gasteiger charge is -2.21. The first-order valence-electron chi connectivity index (χ1n) is 9.02. The van der Waals surface area contributed by atoms with Gasteiger partial charge in [-0.05, 0) is 49.1 Å². The van der Waals surface area contributed by atoms with Crippen LogP contribution >= 0.6 is 0 Å². The molecule has 0 saturated carbocycles. The summed E-state index contributed by atoms with van der Waals surface area (Å²) in [5.74, 6) is 1.13. The van der Waals surface area contributed by atoms with Crippen molar-refractivity contribution >= 4 is 5.91 Å². The maximum atomic E-state index is 12.6. The Morgan fingerprint density at radius 2 is 2.04 bits per heavy atom. The number of rotatable bonds is 8. The predicted octanol–water partition coefficient (Wildman–Crippen LogP) is 3.41. The highest BCUT2D eigenvalue weighted by Crippen LogP contribution is 2.14. The molecule has 1 heterocycles. The van der Waals surface area contributed by atoms with E-state index in [0.717, 1.165) is 17.7 Å². The highest BCUT2D eigenvalue weighted by molar-refractivity contribution is 5.94. The lowest BCUT2D eigenvalue weighted by Crippen LogP contribution is -2.34. The molecule has 0 bridgehead atoms. The van der Waals surface area contributed by atoms with Crippen LogP contribution in [0.4, 0.5) is 0 Å². The lowest BCUT2D eigenvalue weighted by molar-refractivity contribution is 0.0789. The third-order valence-corrected chi connectivity index (χ3v) is 4.46. The molecule has 1 aromatic heterocycles. The van der Waals surface area contributed by atoms with E-state index in [1.54, 1.807) is 11.1 Å². The molecule has 140 valence electrons. The maximum Gasteiger partial charge on any atom is 0.253 e. The number of aryl methyl sites for hydroxylation is 1. The van der Waals surface area contributed by atoms with Crippen LogP contribution in [0, 0.1) is 12.8 Å². The Hall–Kier alpha value is -2.40. The molecule has 0 aliphatic rings. The van der Waals surface area contributed by atoms with Crippen molar-refractivity contribution in [3.8, 4) is 5.75 Å². The van der Waals surface area contributed by atoms with Gasteiger partial charge in [-0.15, -0.1) is 0 Å². The Bertz CT molecular complexity index is 713. The zero-order valence-corrected chi connectivity index (χ0v) is 16.1. The normalized spacial score (nSPS) is 12.1. The van der Waals surface area contributed by atoms with Gasteiger partial charge in [0.05, 0.1) is 6.20 Å². The molecular formula is C21H29N3O2. The van der Waals surface area contributed by atoms with E-state index in [0.29, 0.717) is 30.4 Å². The zero-order valence-electron chi connectivity index (χ0n) is 16.1. The van der Waals surface area contributed by atoms with Crippen molar-refractivity contribution in [2.75, 3.05) is 13.6 Å². The third-order valence-electron chi connectivity index (χ3n) is 4.46. The molecule has 0 aliphatic carbocycles. The van der Waals surface area contributed by atoms with E-state index < -0.39 is 0 Å². The topological polar surface area (TPSA) is 68.5 Å². The molecule has 2 aromatic rings. The molecule has 1 unspecified atom stereocenters. The fourth-order valence-corrected chi connectivity index (χ4v) is 2.50. The van der Waals surface area contributed by atoms with Gasteiger partial charge in [-0.25, -0.2) is 0 Å². The smallest absolute Gasteiger partial charge is 0.253 e. The second kappa shape index (κ2) is 9.34. The van der Waals surface area contributed by atoms with Gasteiger partial charge in [0.25, 0.3) is 5.91 Å². The van der Waals surface area contributed by atoms with Crippen molar-refractivity contribution in [2.24, 2.45) is 11.7 Å². The molecule has 5 heteroatoms. The van der Waals surface area contributed by atoms with Crippen LogP contribution in [0.5, 0.6) is 5.75 Å². The zero-order chi connectivity index (χ0) is 19.1. The predicted molar refractivity (Wildman–Crippen MR) is 104 cm³/mol. The monoisotopic (exact) mass is 355 g/mol. The number of nitrogens with zero attached hydrogens (tertiary/aromatic N) is 2. The molecule has 0 aliphatic heterocycles. The van der Waals surface area contributed by atoms with Crippen LogP contribution in [-0.2, 0) is 6.61 Å². The van der Waals surface area contributed by atoms with Gasteiger partial charge in [-0.1, -0.05) is 26.0 Å². The standard InChI is InChI=1S/C21H29N3O2/c1-15(2)20(22)10-11-24(4)21(25)18-7-5-6-17(12-18)14-26-19-9-8-16(3)23-13-19/h5-9,12-13,15,20H,10-11,14,22H2,1-4H3. The van der Waals surface area contributed by atoms with E-state index in [4.69, 9.17) is 10.5 Å². The highest BCUT2D eigenvalue weighted by atomic mass is 16.5. The van der Waals surface area contributed by atoms with Gasteiger partial charge in [0.1, 0.15) is 12.4 Å². The minimum Gasteiger partial charge on any atom is -0.487 e. The van der Waals surface area contributed by atoms with Gasteiger partial charge >= 0.3 is 0 Å². The minimum atomic E-state index is -0.000177. The van der Waals surface area contributed by atoms with Crippen molar-refractivity contribution in [3.63, 3.8) is 0 Å². The Morgan fingerprint density at radius 1 is 1.27 bits per heavy atom. The first kappa shape index (κ1) is 19.9. The van der Waals surface area contributed by atoms with Crippen LogP contribution < -0.4 is 10.5 Å². The number of hydrogen-bond donors (Lipinski definition) is 1. The van der Waals surface area contributed by atoms with Crippen LogP contribution in [0.1, 0.15) is 41.9 Å². The van der Waals surface area contributed by atoms with Crippen LogP contribution in [0.15, 0.2) is 42.6 Å². The second-order valence-electron chi connectivity index (χ2n) is 7.05. The largest absolute Gasteiger partial charge is 0.487 e. The first-order chi connectivity index (χ1) is 12.4. The molecule has 1 amide bonds. The molecule has 2 rings (SSSR count). The van der Waals surface area contributed by atoms with Gasteiger partial charge in [-0.2, -0.15) is 0 Å². The van der Waals surface area contributed by atoms with E-state index in [1.807, 2.05) is 50.4 Å². The number of nitrogens with two attached hydrogens (primary N) is 1. The molecule has 0 radical (unpaired) electrons. The molecule has 1 atom stereocenters. The van der Waals surface area contributed by atoms with Crippen LogP contribution in [0.3, 0.4) is 0 Å². The molecule has 0 saturated heterocycles. The number of carbonyl (C=O) groups is 1. The Morgan fingerprint density at radius 3 is 2.69 bits per heavy atom. The average Bonchev–Trinajstić information content (AvgIpc) is 2.64. The summed E-state index contributed by atoms with van der Waals surface area (Å²) in [7, 11) is 1.82.